The minimum Gasteiger partial charge on any atom is -0.486 e. The van der Waals surface area contributed by atoms with Crippen molar-refractivity contribution in [2.45, 2.75) is 25.3 Å². The second kappa shape index (κ2) is 6.56. The van der Waals surface area contributed by atoms with E-state index in [9.17, 15) is 4.79 Å². The van der Waals surface area contributed by atoms with E-state index in [1.165, 1.54) is 18.4 Å². The highest BCUT2D eigenvalue weighted by molar-refractivity contribution is 5.79. The van der Waals surface area contributed by atoms with E-state index in [4.69, 9.17) is 9.47 Å². The summed E-state index contributed by atoms with van der Waals surface area (Å²) in [5.41, 5.74) is 2.13. The number of carbonyl (C=O) groups is 1. The fraction of sp³-hybridized carbons (Fsp3) is 0.350. The molecule has 4 heteroatoms. The molecule has 1 amide bonds. The summed E-state index contributed by atoms with van der Waals surface area (Å²) in [6, 6.07) is 16.1. The van der Waals surface area contributed by atoms with Crippen molar-refractivity contribution in [3.63, 3.8) is 0 Å². The monoisotopic (exact) mass is 323 g/mol. The number of hydrogen-bond donors (Lipinski definition) is 1. The topological polar surface area (TPSA) is 47.6 Å². The number of hydrogen-bond acceptors (Lipinski definition) is 3. The van der Waals surface area contributed by atoms with Gasteiger partial charge >= 0.3 is 0 Å². The number of ether oxygens (including phenoxy) is 2. The molecule has 1 heterocycles. The highest BCUT2D eigenvalue weighted by Crippen LogP contribution is 2.41. The predicted molar refractivity (Wildman–Crippen MR) is 91.2 cm³/mol. The SMILES string of the molecule is O=C(Cc1ccc2c(c1)OCCO2)NC(c1ccccc1)C1CC1. The standard InChI is InChI=1S/C20H21NO3/c22-19(13-14-6-9-17-18(12-14)24-11-10-23-17)21-20(16-7-8-16)15-4-2-1-3-5-15/h1-6,9,12,16,20H,7-8,10-11,13H2,(H,21,22). The summed E-state index contributed by atoms with van der Waals surface area (Å²) < 4.78 is 11.1. The van der Waals surface area contributed by atoms with Crippen LogP contribution in [0.15, 0.2) is 48.5 Å². The van der Waals surface area contributed by atoms with Crippen LogP contribution in [0.4, 0.5) is 0 Å². The zero-order chi connectivity index (χ0) is 16.4. The highest BCUT2D eigenvalue weighted by atomic mass is 16.6. The summed E-state index contributed by atoms with van der Waals surface area (Å²) in [4.78, 5) is 12.5. The van der Waals surface area contributed by atoms with Crippen LogP contribution in [0.25, 0.3) is 0 Å². The zero-order valence-corrected chi connectivity index (χ0v) is 13.5. The Hall–Kier alpha value is -2.49. The van der Waals surface area contributed by atoms with Crippen molar-refractivity contribution < 1.29 is 14.3 Å². The van der Waals surface area contributed by atoms with E-state index < -0.39 is 0 Å². The Morgan fingerprint density at radius 2 is 1.79 bits per heavy atom. The molecule has 2 aromatic rings. The first kappa shape index (κ1) is 15.1. The molecule has 1 atom stereocenters. The van der Waals surface area contributed by atoms with Crippen LogP contribution in [0.2, 0.25) is 0 Å². The maximum absolute atomic E-state index is 12.5. The summed E-state index contributed by atoms with van der Waals surface area (Å²) >= 11 is 0. The van der Waals surface area contributed by atoms with E-state index in [0.29, 0.717) is 25.6 Å². The Morgan fingerprint density at radius 3 is 2.54 bits per heavy atom. The highest BCUT2D eigenvalue weighted by Gasteiger charge is 2.33. The van der Waals surface area contributed by atoms with Crippen molar-refractivity contribution in [1.82, 2.24) is 5.32 Å². The average Bonchev–Trinajstić information content (AvgIpc) is 3.45. The first-order chi connectivity index (χ1) is 11.8. The van der Waals surface area contributed by atoms with Crippen LogP contribution in [0, 0.1) is 5.92 Å². The Labute approximate surface area is 141 Å². The van der Waals surface area contributed by atoms with E-state index in [0.717, 1.165) is 17.1 Å². The summed E-state index contributed by atoms with van der Waals surface area (Å²) in [5.74, 6) is 2.10. The summed E-state index contributed by atoms with van der Waals surface area (Å²) in [7, 11) is 0. The molecule has 0 spiro atoms. The molecule has 2 aromatic carbocycles. The number of amides is 1. The van der Waals surface area contributed by atoms with Crippen molar-refractivity contribution in [3.05, 3.63) is 59.7 Å². The molecule has 0 aromatic heterocycles. The summed E-state index contributed by atoms with van der Waals surface area (Å²) in [6.07, 6.45) is 2.72. The van der Waals surface area contributed by atoms with Gasteiger partial charge in [-0.2, -0.15) is 0 Å². The predicted octanol–water partition coefficient (Wildman–Crippen LogP) is 3.27. The molecule has 0 bridgehead atoms. The molecule has 24 heavy (non-hydrogen) atoms. The first-order valence-electron chi connectivity index (χ1n) is 8.52. The molecule has 2 aliphatic rings. The van der Waals surface area contributed by atoms with Gasteiger partial charge in [-0.05, 0) is 42.0 Å². The van der Waals surface area contributed by atoms with Crippen molar-refractivity contribution in [2.24, 2.45) is 5.92 Å². The zero-order valence-electron chi connectivity index (χ0n) is 13.5. The van der Waals surface area contributed by atoms with E-state index >= 15 is 0 Å². The Kier molecular flexibility index (Phi) is 4.11. The van der Waals surface area contributed by atoms with E-state index in [-0.39, 0.29) is 11.9 Å². The molecule has 1 N–H and O–H groups in total. The second-order valence-electron chi connectivity index (χ2n) is 6.45. The van der Waals surface area contributed by atoms with Crippen LogP contribution in [-0.2, 0) is 11.2 Å². The van der Waals surface area contributed by atoms with Crippen molar-refractivity contribution in [3.8, 4) is 11.5 Å². The number of nitrogens with one attached hydrogen (secondary N) is 1. The normalized spacial score (nSPS) is 17.2. The molecule has 4 rings (SSSR count). The fourth-order valence-electron chi connectivity index (χ4n) is 3.17. The van der Waals surface area contributed by atoms with Gasteiger partial charge < -0.3 is 14.8 Å². The largest absolute Gasteiger partial charge is 0.486 e. The lowest BCUT2D eigenvalue weighted by atomic mass is 10.0. The molecular formula is C20H21NO3. The Balaban J connectivity index is 1.44. The van der Waals surface area contributed by atoms with Gasteiger partial charge in [-0.15, -0.1) is 0 Å². The molecular weight excluding hydrogens is 302 g/mol. The van der Waals surface area contributed by atoms with Gasteiger partial charge in [0.25, 0.3) is 0 Å². The molecule has 0 radical (unpaired) electrons. The minimum atomic E-state index is 0.0485. The lowest BCUT2D eigenvalue weighted by Gasteiger charge is -2.20. The van der Waals surface area contributed by atoms with Crippen LogP contribution >= 0.6 is 0 Å². The lowest BCUT2D eigenvalue weighted by molar-refractivity contribution is -0.121. The maximum Gasteiger partial charge on any atom is 0.224 e. The third-order valence-corrected chi connectivity index (χ3v) is 4.54. The second-order valence-corrected chi connectivity index (χ2v) is 6.45. The molecule has 1 fully saturated rings. The third kappa shape index (κ3) is 3.37. The van der Waals surface area contributed by atoms with E-state index in [2.05, 4.69) is 17.4 Å². The molecule has 1 aliphatic heterocycles. The fourth-order valence-corrected chi connectivity index (χ4v) is 3.17. The van der Waals surface area contributed by atoms with Gasteiger partial charge in [0.15, 0.2) is 11.5 Å². The van der Waals surface area contributed by atoms with Gasteiger partial charge in [-0.25, -0.2) is 0 Å². The number of carbonyl (C=O) groups excluding carboxylic acids is 1. The van der Waals surface area contributed by atoms with Crippen LogP contribution in [0.5, 0.6) is 11.5 Å². The summed E-state index contributed by atoms with van der Waals surface area (Å²) in [5, 5.41) is 3.21. The van der Waals surface area contributed by atoms with Crippen molar-refractivity contribution >= 4 is 5.91 Å². The quantitative estimate of drug-likeness (QED) is 0.919. The Bertz CT molecular complexity index is 725. The van der Waals surface area contributed by atoms with Gasteiger partial charge in [0.05, 0.1) is 12.5 Å². The van der Waals surface area contributed by atoms with Gasteiger partial charge in [-0.1, -0.05) is 36.4 Å². The van der Waals surface area contributed by atoms with Crippen LogP contribution < -0.4 is 14.8 Å². The maximum atomic E-state index is 12.5. The van der Waals surface area contributed by atoms with Crippen molar-refractivity contribution in [1.29, 1.82) is 0 Å². The first-order valence-corrected chi connectivity index (χ1v) is 8.52. The number of benzene rings is 2. The van der Waals surface area contributed by atoms with Crippen LogP contribution in [0.3, 0.4) is 0 Å². The van der Waals surface area contributed by atoms with Gasteiger partial charge in [0.1, 0.15) is 13.2 Å². The molecule has 1 aliphatic carbocycles. The Morgan fingerprint density at radius 1 is 1.04 bits per heavy atom. The average molecular weight is 323 g/mol. The smallest absolute Gasteiger partial charge is 0.224 e. The van der Waals surface area contributed by atoms with Crippen LogP contribution in [-0.4, -0.2) is 19.1 Å². The molecule has 124 valence electrons. The number of fused-ring (bicyclic) bond motifs is 1. The molecule has 0 saturated heterocycles. The van der Waals surface area contributed by atoms with Crippen LogP contribution in [0.1, 0.15) is 30.0 Å². The van der Waals surface area contributed by atoms with E-state index in [1.54, 1.807) is 0 Å². The molecule has 4 nitrogen and oxygen atoms in total. The van der Waals surface area contributed by atoms with Gasteiger partial charge in [0.2, 0.25) is 5.91 Å². The van der Waals surface area contributed by atoms with Gasteiger partial charge in [0, 0.05) is 0 Å². The van der Waals surface area contributed by atoms with E-state index in [1.807, 2.05) is 36.4 Å². The summed E-state index contributed by atoms with van der Waals surface area (Å²) in [6.45, 7) is 1.13. The minimum absolute atomic E-state index is 0.0485. The third-order valence-electron chi connectivity index (χ3n) is 4.54. The van der Waals surface area contributed by atoms with Gasteiger partial charge in [-0.3, -0.25) is 4.79 Å². The molecule has 1 saturated carbocycles. The molecule has 1 unspecified atom stereocenters. The lowest BCUT2D eigenvalue weighted by Crippen LogP contribution is -2.31. The number of rotatable bonds is 5. The van der Waals surface area contributed by atoms with Crippen molar-refractivity contribution in [2.75, 3.05) is 13.2 Å².